The zero-order chi connectivity index (χ0) is 51.6. The van der Waals surface area contributed by atoms with Crippen molar-refractivity contribution in [3.63, 3.8) is 0 Å². The van der Waals surface area contributed by atoms with Crippen molar-refractivity contribution in [1.82, 2.24) is 40.3 Å². The van der Waals surface area contributed by atoms with E-state index in [2.05, 4.69) is 160 Å². The van der Waals surface area contributed by atoms with Gasteiger partial charge in [-0.2, -0.15) is 40.3 Å². The Hall–Kier alpha value is -1.99. The molecule has 5 fully saturated rings. The van der Waals surface area contributed by atoms with E-state index in [0.29, 0.717) is 82.1 Å². The highest BCUT2D eigenvalue weighted by Crippen LogP contribution is 2.49. The fourth-order valence-corrected chi connectivity index (χ4v) is 14.8. The van der Waals surface area contributed by atoms with Crippen LogP contribution in [0.25, 0.3) is 0 Å². The van der Waals surface area contributed by atoms with E-state index in [1.165, 1.54) is 0 Å². The number of hydrogen-bond donors (Lipinski definition) is 5. The maximum atomic E-state index is 11.8. The molecule has 16 nitrogen and oxygen atoms in total. The molecule has 0 amide bonds. The molecular formula is C52H99N11O5. The van der Waals surface area contributed by atoms with Crippen molar-refractivity contribution in [2.45, 2.75) is 308 Å². The number of anilines is 3. The van der Waals surface area contributed by atoms with Gasteiger partial charge in [-0.05, 0) is 209 Å². The summed E-state index contributed by atoms with van der Waals surface area (Å²) in [6.45, 7) is 45.3. The second-order valence-corrected chi connectivity index (χ2v) is 28.6. The quantitative estimate of drug-likeness (QED) is 0.142. The SMILES string of the molecule is CCCCN(c1nc(N(C2CC(C)(C)N(O)C(C)(C)C2)C2CC(C)(C)N(O)C(C)(C)C2)nc(N(C2CC(C)(C)N(O)C(C)(C)C2)C2CC(C)(C)N(O)C(C)(C)C2)n1)C1CC(C)(C)N(O)C(C)(C)C1. The molecule has 0 aromatic carbocycles. The molecule has 0 spiro atoms. The third-order valence-corrected chi connectivity index (χ3v) is 17.2. The molecule has 5 saturated heterocycles. The van der Waals surface area contributed by atoms with Crippen LogP contribution in [-0.2, 0) is 0 Å². The summed E-state index contributed by atoms with van der Waals surface area (Å²) in [7, 11) is 0. The number of piperidine rings is 5. The Morgan fingerprint density at radius 2 is 0.544 bits per heavy atom. The van der Waals surface area contributed by atoms with E-state index in [4.69, 9.17) is 15.0 Å². The van der Waals surface area contributed by atoms with Gasteiger partial charge in [0.15, 0.2) is 0 Å². The molecule has 6 rings (SSSR count). The molecule has 5 aliphatic heterocycles. The summed E-state index contributed by atoms with van der Waals surface area (Å²) in [5.41, 5.74) is -5.67. The van der Waals surface area contributed by atoms with Crippen LogP contribution in [0, 0.1) is 0 Å². The van der Waals surface area contributed by atoms with Crippen molar-refractivity contribution < 1.29 is 26.0 Å². The van der Waals surface area contributed by atoms with Crippen molar-refractivity contribution in [2.24, 2.45) is 0 Å². The number of hydrogen-bond acceptors (Lipinski definition) is 16. The lowest BCUT2D eigenvalue weighted by molar-refractivity contribution is -0.251. The second kappa shape index (κ2) is 17.9. The highest BCUT2D eigenvalue weighted by molar-refractivity contribution is 5.51. The summed E-state index contributed by atoms with van der Waals surface area (Å²) in [4.78, 5) is 24.7. The summed E-state index contributed by atoms with van der Waals surface area (Å²) < 4.78 is 0. The van der Waals surface area contributed by atoms with E-state index in [1.54, 1.807) is 25.3 Å². The molecule has 0 radical (unpaired) electrons. The minimum Gasteiger partial charge on any atom is -0.337 e. The number of rotatable bonds is 11. The maximum Gasteiger partial charge on any atom is 0.232 e. The van der Waals surface area contributed by atoms with Crippen molar-refractivity contribution in [2.75, 3.05) is 21.2 Å². The summed E-state index contributed by atoms with van der Waals surface area (Å²) in [5, 5.41) is 66.4. The van der Waals surface area contributed by atoms with Gasteiger partial charge in [0.25, 0.3) is 0 Å². The zero-order valence-electron chi connectivity index (χ0n) is 46.7. The highest BCUT2D eigenvalue weighted by atomic mass is 16.5. The van der Waals surface area contributed by atoms with E-state index in [-0.39, 0.29) is 30.2 Å². The summed E-state index contributed by atoms with van der Waals surface area (Å²) in [6, 6.07) is -0.364. The Morgan fingerprint density at radius 3 is 0.750 bits per heavy atom. The molecule has 5 N–H and O–H groups in total. The molecule has 0 saturated carbocycles. The van der Waals surface area contributed by atoms with Crippen LogP contribution in [0.3, 0.4) is 0 Å². The molecule has 0 unspecified atom stereocenters. The van der Waals surface area contributed by atoms with Crippen LogP contribution in [0.4, 0.5) is 17.8 Å². The smallest absolute Gasteiger partial charge is 0.232 e. The molecule has 1 aromatic rings. The van der Waals surface area contributed by atoms with Gasteiger partial charge in [0, 0.05) is 92.1 Å². The average molecular weight is 958 g/mol. The first kappa shape index (κ1) is 55.3. The third kappa shape index (κ3) is 10.4. The van der Waals surface area contributed by atoms with Gasteiger partial charge >= 0.3 is 0 Å². The van der Waals surface area contributed by atoms with Gasteiger partial charge in [-0.15, -0.1) is 0 Å². The van der Waals surface area contributed by atoms with Crippen LogP contribution in [0.1, 0.15) is 222 Å². The van der Waals surface area contributed by atoms with Crippen molar-refractivity contribution >= 4 is 17.8 Å². The summed E-state index contributed by atoms with van der Waals surface area (Å²) in [5.74, 6) is 1.80. The summed E-state index contributed by atoms with van der Waals surface area (Å²) >= 11 is 0. The van der Waals surface area contributed by atoms with Crippen LogP contribution < -0.4 is 14.7 Å². The first-order valence-corrected chi connectivity index (χ1v) is 26.2. The van der Waals surface area contributed by atoms with Crippen LogP contribution in [0.5, 0.6) is 0 Å². The van der Waals surface area contributed by atoms with Gasteiger partial charge in [0.2, 0.25) is 17.8 Å². The van der Waals surface area contributed by atoms with Gasteiger partial charge in [-0.25, -0.2) is 0 Å². The van der Waals surface area contributed by atoms with Gasteiger partial charge in [-0.1, -0.05) is 13.3 Å². The fraction of sp³-hybridized carbons (Fsp3) is 0.942. The van der Waals surface area contributed by atoms with Crippen LogP contribution in [0.2, 0.25) is 0 Å². The van der Waals surface area contributed by atoms with E-state index >= 15 is 0 Å². The Kier molecular flexibility index (Phi) is 14.6. The van der Waals surface area contributed by atoms with Gasteiger partial charge < -0.3 is 40.7 Å². The van der Waals surface area contributed by atoms with E-state index < -0.39 is 55.4 Å². The molecule has 1 aromatic heterocycles. The largest absolute Gasteiger partial charge is 0.337 e. The highest BCUT2D eigenvalue weighted by Gasteiger charge is 2.56. The zero-order valence-corrected chi connectivity index (χ0v) is 46.7. The third-order valence-electron chi connectivity index (χ3n) is 17.2. The van der Waals surface area contributed by atoms with Crippen LogP contribution >= 0.6 is 0 Å². The predicted molar refractivity (Wildman–Crippen MR) is 271 cm³/mol. The second-order valence-electron chi connectivity index (χ2n) is 28.6. The van der Waals surface area contributed by atoms with Gasteiger partial charge in [0.1, 0.15) is 0 Å². The monoisotopic (exact) mass is 958 g/mol. The number of unbranched alkanes of at least 4 members (excludes halogenated alkanes) is 1. The van der Waals surface area contributed by atoms with E-state index in [0.717, 1.165) is 19.4 Å². The average Bonchev–Trinajstić information content (AvgIpc) is 3.15. The number of hydroxylamine groups is 10. The number of nitrogens with zero attached hydrogens (tertiary/aromatic N) is 11. The Bertz CT molecular complexity index is 1670. The Labute approximate surface area is 412 Å². The molecule has 16 heteroatoms. The molecule has 0 bridgehead atoms. The Balaban J connectivity index is 1.70. The molecule has 392 valence electrons. The lowest BCUT2D eigenvalue weighted by Gasteiger charge is -2.59. The van der Waals surface area contributed by atoms with Crippen molar-refractivity contribution in [3.8, 4) is 0 Å². The minimum absolute atomic E-state index is 0.00285. The van der Waals surface area contributed by atoms with E-state index in [1.807, 2.05) is 0 Å². The van der Waals surface area contributed by atoms with Crippen LogP contribution in [-0.4, -0.2) is 158 Å². The van der Waals surface area contributed by atoms with Crippen molar-refractivity contribution in [3.05, 3.63) is 0 Å². The lowest BCUT2D eigenvalue weighted by atomic mass is 9.74. The lowest BCUT2D eigenvalue weighted by Crippen LogP contribution is -2.68. The van der Waals surface area contributed by atoms with Crippen LogP contribution in [0.15, 0.2) is 0 Å². The minimum atomic E-state index is -0.578. The first-order chi connectivity index (χ1) is 30.6. The summed E-state index contributed by atoms with van der Waals surface area (Å²) in [6.07, 6.45) is 8.51. The van der Waals surface area contributed by atoms with E-state index in [9.17, 15) is 26.0 Å². The molecule has 0 atom stereocenters. The molecule has 68 heavy (non-hydrogen) atoms. The molecule has 5 aliphatic rings. The van der Waals surface area contributed by atoms with Crippen molar-refractivity contribution in [1.29, 1.82) is 0 Å². The molecule has 6 heterocycles. The van der Waals surface area contributed by atoms with Gasteiger partial charge in [-0.3, -0.25) is 0 Å². The molecule has 0 aliphatic carbocycles. The Morgan fingerprint density at radius 1 is 0.353 bits per heavy atom. The maximum absolute atomic E-state index is 11.8. The number of aromatic nitrogens is 3. The molecular weight excluding hydrogens is 859 g/mol. The normalized spacial score (nSPS) is 29.2. The standard InChI is InChI=1S/C52H99N11O5/c1-22-23-24-56(35-25-43(2,3)59(64)44(4,5)26-35)40-53-41(57(36-27-45(6,7)60(65)46(8,9)28-36)37-29-47(10,11)61(66)48(12,13)30-37)55-42(54-40)58(38-31-49(14,15)62(67)50(16,17)32-38)39-33-51(18,19)63(68)52(20,21)34-39/h35-39,64-68H,22-34H2,1-21H3. The van der Waals surface area contributed by atoms with Gasteiger partial charge in [0.05, 0.1) is 0 Å². The topological polar surface area (TPSA) is 166 Å². The fourth-order valence-electron chi connectivity index (χ4n) is 14.8. The first-order valence-electron chi connectivity index (χ1n) is 26.2. The predicted octanol–water partition coefficient (Wildman–Crippen LogP) is 10.1.